The summed E-state index contributed by atoms with van der Waals surface area (Å²) in [5.74, 6) is 0.191. The summed E-state index contributed by atoms with van der Waals surface area (Å²) < 4.78 is 28.7. The fourth-order valence-corrected chi connectivity index (χ4v) is 5.39. The van der Waals surface area contributed by atoms with Gasteiger partial charge in [-0.2, -0.15) is 0 Å². The van der Waals surface area contributed by atoms with Gasteiger partial charge in [0.1, 0.15) is 0 Å². The van der Waals surface area contributed by atoms with Crippen LogP contribution >= 0.6 is 0 Å². The molecule has 0 saturated heterocycles. The molecule has 0 bridgehead atoms. The second-order valence-corrected chi connectivity index (χ2v) is 8.60. The molecule has 28 heavy (non-hydrogen) atoms. The fourth-order valence-electron chi connectivity index (χ4n) is 2.70. The minimum atomic E-state index is -2.62. The first-order valence-corrected chi connectivity index (χ1v) is 11.6. The van der Waals surface area contributed by atoms with Crippen molar-refractivity contribution in [2.24, 2.45) is 0 Å². The summed E-state index contributed by atoms with van der Waals surface area (Å²) in [6, 6.07) is 6.04. The molecule has 0 aliphatic rings. The van der Waals surface area contributed by atoms with E-state index < -0.39 is 14.8 Å². The zero-order chi connectivity index (χ0) is 20.8. The molecule has 0 aliphatic carbocycles. The second-order valence-electron chi connectivity index (χ2n) is 5.87. The van der Waals surface area contributed by atoms with Crippen LogP contribution in [0.1, 0.15) is 39.2 Å². The van der Waals surface area contributed by atoms with Crippen molar-refractivity contribution in [2.45, 2.75) is 39.7 Å². The van der Waals surface area contributed by atoms with Gasteiger partial charge >= 0.3 is 14.8 Å². The van der Waals surface area contributed by atoms with Gasteiger partial charge in [-0.1, -0.05) is 6.07 Å². The number of rotatable bonds is 15. The molecule has 1 aromatic carbocycles. The van der Waals surface area contributed by atoms with Crippen LogP contribution in [0.25, 0.3) is 6.08 Å². The number of carboxylic acid groups (broad SMARTS) is 1. The highest BCUT2D eigenvalue weighted by Gasteiger charge is 2.39. The van der Waals surface area contributed by atoms with E-state index in [2.05, 4.69) is 0 Å². The van der Waals surface area contributed by atoms with Crippen LogP contribution in [0.5, 0.6) is 11.5 Å². The third-order valence-electron chi connectivity index (χ3n) is 3.83. The zero-order valence-electron chi connectivity index (χ0n) is 17.2. The summed E-state index contributed by atoms with van der Waals surface area (Å²) in [5.41, 5.74) is 0.730. The third kappa shape index (κ3) is 8.43. The van der Waals surface area contributed by atoms with E-state index in [1.807, 2.05) is 20.8 Å². The van der Waals surface area contributed by atoms with Crippen LogP contribution in [0.4, 0.5) is 0 Å². The normalized spacial score (nSPS) is 11.7. The lowest BCUT2D eigenvalue weighted by atomic mass is 10.2. The number of hydrogen-bond acceptors (Lipinski definition) is 6. The monoisotopic (exact) mass is 412 g/mol. The molecule has 0 atom stereocenters. The quantitative estimate of drug-likeness (QED) is 0.265. The van der Waals surface area contributed by atoms with Crippen molar-refractivity contribution in [3.8, 4) is 11.5 Å². The van der Waals surface area contributed by atoms with E-state index in [1.54, 1.807) is 25.3 Å². The molecule has 0 spiro atoms. The Hall–Kier alpha value is -1.87. The first kappa shape index (κ1) is 24.2. The zero-order valence-corrected chi connectivity index (χ0v) is 18.2. The number of benzene rings is 1. The molecule has 7 nitrogen and oxygen atoms in total. The number of carboxylic acids is 1. The second kappa shape index (κ2) is 13.3. The molecule has 0 unspecified atom stereocenters. The molecule has 0 fully saturated rings. The van der Waals surface area contributed by atoms with Crippen molar-refractivity contribution in [3.63, 3.8) is 0 Å². The van der Waals surface area contributed by atoms with E-state index in [9.17, 15) is 4.79 Å². The molecule has 1 rings (SSSR count). The fraction of sp³-hybridized carbons (Fsp3) is 0.550. The van der Waals surface area contributed by atoms with Crippen LogP contribution in [0, 0.1) is 0 Å². The Morgan fingerprint density at radius 2 is 1.68 bits per heavy atom. The van der Waals surface area contributed by atoms with Gasteiger partial charge in [0.05, 0.1) is 13.7 Å². The van der Waals surface area contributed by atoms with Crippen LogP contribution in [0.3, 0.4) is 0 Å². The maximum Gasteiger partial charge on any atom is 0.500 e. The highest BCUT2D eigenvalue weighted by Crippen LogP contribution is 2.29. The van der Waals surface area contributed by atoms with Gasteiger partial charge in [0.25, 0.3) is 0 Å². The van der Waals surface area contributed by atoms with E-state index in [0.717, 1.165) is 30.5 Å². The predicted molar refractivity (Wildman–Crippen MR) is 110 cm³/mol. The minimum Gasteiger partial charge on any atom is -0.493 e. The van der Waals surface area contributed by atoms with E-state index >= 15 is 0 Å². The van der Waals surface area contributed by atoms with Gasteiger partial charge in [-0.25, -0.2) is 4.79 Å². The molecule has 0 amide bonds. The average Bonchev–Trinajstić information content (AvgIpc) is 2.67. The van der Waals surface area contributed by atoms with Gasteiger partial charge in [-0.3, -0.25) is 0 Å². The maximum atomic E-state index is 10.7. The Morgan fingerprint density at radius 1 is 1.04 bits per heavy atom. The Labute approximate surface area is 168 Å². The number of carbonyl (C=O) groups is 1. The van der Waals surface area contributed by atoms with Crippen molar-refractivity contribution >= 4 is 20.8 Å². The van der Waals surface area contributed by atoms with Crippen LogP contribution < -0.4 is 9.47 Å². The van der Waals surface area contributed by atoms with Gasteiger partial charge in [0, 0.05) is 31.9 Å². The summed E-state index contributed by atoms with van der Waals surface area (Å²) in [7, 11) is -1.05. The summed E-state index contributed by atoms with van der Waals surface area (Å²) in [6.07, 6.45) is 4.26. The molecular formula is C20H32O7Si. The Bertz CT molecular complexity index is 602. The van der Waals surface area contributed by atoms with E-state index in [1.165, 1.54) is 6.08 Å². The van der Waals surface area contributed by atoms with Crippen molar-refractivity contribution in [1.29, 1.82) is 0 Å². The first-order valence-electron chi connectivity index (χ1n) is 9.63. The number of methoxy groups -OCH3 is 1. The standard InChI is InChI=1S/C20H32O7Si/c1-5-25-28(26-6-2,27-7-3)15-9-8-14-24-19-16-17(11-13-20(21)22)10-12-18(19)23-4/h10-13,16H,5-9,14-15H2,1-4H3,(H,21,22)/b13-11+. The van der Waals surface area contributed by atoms with Crippen molar-refractivity contribution in [1.82, 2.24) is 0 Å². The van der Waals surface area contributed by atoms with Gasteiger partial charge in [0.2, 0.25) is 0 Å². The van der Waals surface area contributed by atoms with E-state index in [4.69, 9.17) is 27.9 Å². The number of ether oxygens (including phenoxy) is 2. The van der Waals surface area contributed by atoms with Crippen LogP contribution in [-0.4, -0.2) is 53.4 Å². The van der Waals surface area contributed by atoms with Gasteiger partial charge in [-0.05, 0) is 57.4 Å². The van der Waals surface area contributed by atoms with Crippen molar-refractivity contribution < 1.29 is 32.7 Å². The lowest BCUT2D eigenvalue weighted by Crippen LogP contribution is -2.45. The largest absolute Gasteiger partial charge is 0.500 e. The molecule has 0 aliphatic heterocycles. The summed E-state index contributed by atoms with van der Waals surface area (Å²) in [4.78, 5) is 10.7. The molecule has 0 aromatic heterocycles. The smallest absolute Gasteiger partial charge is 0.493 e. The predicted octanol–water partition coefficient (Wildman–Crippen LogP) is 4.00. The lowest BCUT2D eigenvalue weighted by Gasteiger charge is -2.28. The van der Waals surface area contributed by atoms with Crippen LogP contribution in [-0.2, 0) is 18.1 Å². The van der Waals surface area contributed by atoms with Gasteiger partial charge in [0.15, 0.2) is 11.5 Å². The van der Waals surface area contributed by atoms with Gasteiger partial charge < -0.3 is 27.9 Å². The van der Waals surface area contributed by atoms with Crippen molar-refractivity contribution in [2.75, 3.05) is 33.5 Å². The highest BCUT2D eigenvalue weighted by molar-refractivity contribution is 6.60. The SMILES string of the molecule is CCO[Si](CCCCOc1cc(/C=C/C(=O)O)ccc1OC)(OCC)OCC. The minimum absolute atomic E-state index is 0.497. The Morgan fingerprint density at radius 3 is 2.21 bits per heavy atom. The molecule has 0 radical (unpaired) electrons. The summed E-state index contributed by atoms with van der Waals surface area (Å²) in [5, 5.41) is 8.76. The maximum absolute atomic E-state index is 10.7. The molecule has 1 aromatic rings. The molecule has 8 heteroatoms. The van der Waals surface area contributed by atoms with E-state index in [0.29, 0.717) is 37.9 Å². The molecule has 1 N–H and O–H groups in total. The van der Waals surface area contributed by atoms with Crippen LogP contribution in [0.15, 0.2) is 24.3 Å². The van der Waals surface area contributed by atoms with Crippen molar-refractivity contribution in [3.05, 3.63) is 29.8 Å². The molecule has 158 valence electrons. The Balaban J connectivity index is 2.62. The topological polar surface area (TPSA) is 83.5 Å². The van der Waals surface area contributed by atoms with Gasteiger partial charge in [-0.15, -0.1) is 0 Å². The third-order valence-corrected chi connectivity index (χ3v) is 6.99. The van der Waals surface area contributed by atoms with E-state index in [-0.39, 0.29) is 0 Å². The summed E-state index contributed by atoms with van der Waals surface area (Å²) in [6.45, 7) is 8.03. The number of aliphatic carboxylic acids is 1. The molecule has 0 saturated carbocycles. The highest BCUT2D eigenvalue weighted by atomic mass is 28.4. The molecular weight excluding hydrogens is 380 g/mol. The first-order chi connectivity index (χ1) is 13.5. The number of hydrogen-bond donors (Lipinski definition) is 1. The molecule has 0 heterocycles. The Kier molecular flexibility index (Phi) is 11.5. The lowest BCUT2D eigenvalue weighted by molar-refractivity contribution is -0.131. The number of unbranched alkanes of at least 4 members (excludes halogenated alkanes) is 1. The van der Waals surface area contributed by atoms with Crippen LogP contribution in [0.2, 0.25) is 6.04 Å². The summed E-state index contributed by atoms with van der Waals surface area (Å²) >= 11 is 0. The average molecular weight is 413 g/mol.